The summed E-state index contributed by atoms with van der Waals surface area (Å²) in [7, 11) is 0. The Hall–Kier alpha value is -3.62. The maximum atomic E-state index is 12.8. The van der Waals surface area contributed by atoms with Crippen LogP contribution in [-0.4, -0.2) is 25.1 Å². The minimum atomic E-state index is -0.530. The number of halogens is 1. The van der Waals surface area contributed by atoms with Gasteiger partial charge in [0.05, 0.1) is 6.61 Å². The second-order valence-corrected chi connectivity index (χ2v) is 10.00. The molecule has 0 atom stereocenters. The third kappa shape index (κ3) is 4.86. The van der Waals surface area contributed by atoms with Gasteiger partial charge in [-0.15, -0.1) is 11.3 Å². The van der Waals surface area contributed by atoms with E-state index in [1.54, 1.807) is 49.6 Å². The first-order chi connectivity index (χ1) is 17.9. The molecule has 0 spiro atoms. The number of esters is 1. The molecule has 1 aliphatic rings. The smallest absolute Gasteiger partial charge is 0.341 e. The predicted molar refractivity (Wildman–Crippen MR) is 144 cm³/mol. The first-order valence-corrected chi connectivity index (χ1v) is 13.2. The van der Waals surface area contributed by atoms with E-state index in [4.69, 9.17) is 25.5 Å². The lowest BCUT2D eigenvalue weighted by atomic mass is 10.0. The first kappa shape index (κ1) is 25.0. The summed E-state index contributed by atoms with van der Waals surface area (Å²) in [6, 6.07) is 10.7. The van der Waals surface area contributed by atoms with Crippen LogP contribution in [0.5, 0.6) is 5.75 Å². The molecule has 0 saturated heterocycles. The number of hydrogen-bond acceptors (Lipinski definition) is 7. The zero-order chi connectivity index (χ0) is 26.1. The fourth-order valence-electron chi connectivity index (χ4n) is 4.62. The van der Waals surface area contributed by atoms with Crippen molar-refractivity contribution in [2.24, 2.45) is 0 Å². The van der Waals surface area contributed by atoms with Gasteiger partial charge >= 0.3 is 11.6 Å². The standard InChI is InChI=1S/C28H24ClNO6S/c1-3-34-28(33)24-21(16-7-9-17(29)10-8-16)14-37-26(24)30-23(31)13-35-22-12-11-19-18-5-4-6-20(18)27(32)36-25(19)15(22)2/h7-12,14H,3-6,13H2,1-2H3,(H,30,31). The first-order valence-electron chi connectivity index (χ1n) is 11.9. The molecule has 4 aromatic rings. The molecule has 0 bridgehead atoms. The maximum absolute atomic E-state index is 12.8. The van der Waals surface area contributed by atoms with E-state index in [1.807, 2.05) is 6.07 Å². The molecule has 2 heterocycles. The van der Waals surface area contributed by atoms with Gasteiger partial charge in [-0.3, -0.25) is 4.79 Å². The van der Waals surface area contributed by atoms with Crippen molar-refractivity contribution < 1.29 is 23.5 Å². The number of anilines is 1. The van der Waals surface area contributed by atoms with Crippen LogP contribution in [-0.2, 0) is 22.4 Å². The Bertz CT molecular complexity index is 1570. The van der Waals surface area contributed by atoms with Crippen molar-refractivity contribution >= 4 is 50.8 Å². The molecule has 1 N–H and O–H groups in total. The minimum absolute atomic E-state index is 0.200. The van der Waals surface area contributed by atoms with E-state index >= 15 is 0 Å². The highest BCUT2D eigenvalue weighted by Gasteiger charge is 2.24. The average molecular weight is 538 g/mol. The monoisotopic (exact) mass is 537 g/mol. The van der Waals surface area contributed by atoms with Gasteiger partial charge in [0.2, 0.25) is 0 Å². The molecular weight excluding hydrogens is 514 g/mol. The third-order valence-electron chi connectivity index (χ3n) is 6.38. The fraction of sp³-hybridized carbons (Fsp3) is 0.250. The van der Waals surface area contributed by atoms with Gasteiger partial charge in [0.1, 0.15) is 21.9 Å². The van der Waals surface area contributed by atoms with Crippen molar-refractivity contribution in [2.75, 3.05) is 18.5 Å². The second-order valence-electron chi connectivity index (χ2n) is 8.68. The molecule has 0 saturated carbocycles. The van der Waals surface area contributed by atoms with Crippen LogP contribution in [0.15, 0.2) is 51.0 Å². The second kappa shape index (κ2) is 10.4. The van der Waals surface area contributed by atoms with E-state index in [1.165, 1.54) is 11.3 Å². The number of aryl methyl sites for hydroxylation is 2. The SMILES string of the molecule is CCOC(=O)c1c(-c2ccc(Cl)cc2)csc1NC(=O)COc1ccc2c3c(c(=O)oc2c1C)CCC3. The molecule has 9 heteroatoms. The van der Waals surface area contributed by atoms with Crippen molar-refractivity contribution in [3.63, 3.8) is 0 Å². The number of amides is 1. The van der Waals surface area contributed by atoms with Crippen LogP contribution in [0.4, 0.5) is 5.00 Å². The quantitative estimate of drug-likeness (QED) is 0.224. The van der Waals surface area contributed by atoms with E-state index in [-0.39, 0.29) is 24.4 Å². The molecule has 0 radical (unpaired) electrons. The predicted octanol–water partition coefficient (Wildman–Crippen LogP) is 6.17. The van der Waals surface area contributed by atoms with Gasteiger partial charge in [0.15, 0.2) is 6.61 Å². The molecule has 5 rings (SSSR count). The van der Waals surface area contributed by atoms with Gasteiger partial charge in [-0.25, -0.2) is 9.59 Å². The Balaban J connectivity index is 1.36. The van der Waals surface area contributed by atoms with Crippen molar-refractivity contribution in [1.82, 2.24) is 0 Å². The van der Waals surface area contributed by atoms with Crippen molar-refractivity contribution in [3.05, 3.63) is 79.5 Å². The van der Waals surface area contributed by atoms with Gasteiger partial charge in [-0.05, 0) is 68.5 Å². The Kier molecular flexibility index (Phi) is 7.04. The van der Waals surface area contributed by atoms with E-state index in [9.17, 15) is 14.4 Å². The van der Waals surface area contributed by atoms with Crippen molar-refractivity contribution in [3.8, 4) is 16.9 Å². The Morgan fingerprint density at radius 2 is 1.86 bits per heavy atom. The molecule has 0 unspecified atom stereocenters. The summed E-state index contributed by atoms with van der Waals surface area (Å²) in [5.74, 6) is -0.523. The van der Waals surface area contributed by atoms with Crippen LogP contribution in [0.2, 0.25) is 5.02 Å². The average Bonchev–Trinajstić information content (AvgIpc) is 3.53. The molecule has 1 amide bonds. The van der Waals surface area contributed by atoms with E-state index in [0.29, 0.717) is 32.5 Å². The highest BCUT2D eigenvalue weighted by molar-refractivity contribution is 7.15. The number of rotatable bonds is 7. The number of thiophene rings is 1. The summed E-state index contributed by atoms with van der Waals surface area (Å²) in [5, 5.41) is 6.43. The summed E-state index contributed by atoms with van der Waals surface area (Å²) in [6.07, 6.45) is 2.52. The number of carbonyl (C=O) groups is 2. The lowest BCUT2D eigenvalue weighted by Gasteiger charge is -2.13. The molecular formula is C28H24ClNO6S. The van der Waals surface area contributed by atoms with Crippen LogP contribution in [0.25, 0.3) is 22.1 Å². The van der Waals surface area contributed by atoms with Gasteiger partial charge in [-0.1, -0.05) is 23.7 Å². The number of fused-ring (bicyclic) bond motifs is 3. The van der Waals surface area contributed by atoms with Crippen LogP contribution in [0, 0.1) is 6.92 Å². The topological polar surface area (TPSA) is 94.8 Å². The molecule has 1 aliphatic carbocycles. The highest BCUT2D eigenvalue weighted by atomic mass is 35.5. The zero-order valence-corrected chi connectivity index (χ0v) is 21.9. The summed E-state index contributed by atoms with van der Waals surface area (Å²) in [4.78, 5) is 38.0. The molecule has 2 aromatic heterocycles. The normalized spacial score (nSPS) is 12.4. The Morgan fingerprint density at radius 1 is 1.11 bits per heavy atom. The fourth-order valence-corrected chi connectivity index (χ4v) is 5.72. The van der Waals surface area contributed by atoms with Crippen LogP contribution in [0.3, 0.4) is 0 Å². The van der Waals surface area contributed by atoms with Gasteiger partial charge in [0, 0.05) is 32.5 Å². The summed E-state index contributed by atoms with van der Waals surface area (Å²) >= 11 is 7.23. The number of benzene rings is 2. The molecule has 37 heavy (non-hydrogen) atoms. The molecule has 7 nitrogen and oxygen atoms in total. The van der Waals surface area contributed by atoms with E-state index in [2.05, 4.69) is 5.32 Å². The minimum Gasteiger partial charge on any atom is -0.483 e. The van der Waals surface area contributed by atoms with Crippen LogP contribution >= 0.6 is 22.9 Å². The van der Waals surface area contributed by atoms with Gasteiger partial charge in [0.25, 0.3) is 5.91 Å². The Morgan fingerprint density at radius 3 is 2.62 bits per heavy atom. The van der Waals surface area contributed by atoms with Crippen molar-refractivity contribution in [1.29, 1.82) is 0 Å². The third-order valence-corrected chi connectivity index (χ3v) is 7.53. The maximum Gasteiger partial charge on any atom is 0.341 e. The number of nitrogens with one attached hydrogen (secondary N) is 1. The molecule has 0 fully saturated rings. The molecule has 190 valence electrons. The number of ether oxygens (including phenoxy) is 2. The van der Waals surface area contributed by atoms with E-state index in [0.717, 1.165) is 41.3 Å². The van der Waals surface area contributed by atoms with Crippen molar-refractivity contribution in [2.45, 2.75) is 33.1 Å². The highest BCUT2D eigenvalue weighted by Crippen LogP contribution is 2.37. The zero-order valence-electron chi connectivity index (χ0n) is 20.3. The van der Waals surface area contributed by atoms with Gasteiger partial charge in [-0.2, -0.15) is 0 Å². The lowest BCUT2D eigenvalue weighted by Crippen LogP contribution is -2.21. The number of carbonyl (C=O) groups excluding carboxylic acids is 2. The Labute approximate surface area is 222 Å². The summed E-state index contributed by atoms with van der Waals surface area (Å²) < 4.78 is 16.6. The molecule has 0 aliphatic heterocycles. The lowest BCUT2D eigenvalue weighted by molar-refractivity contribution is -0.118. The molecule has 2 aromatic carbocycles. The van der Waals surface area contributed by atoms with E-state index < -0.39 is 11.9 Å². The largest absolute Gasteiger partial charge is 0.483 e. The van der Waals surface area contributed by atoms with Gasteiger partial charge < -0.3 is 19.2 Å². The van der Waals surface area contributed by atoms with Crippen LogP contribution < -0.4 is 15.7 Å². The summed E-state index contributed by atoms with van der Waals surface area (Å²) in [6.45, 7) is 3.43. The summed E-state index contributed by atoms with van der Waals surface area (Å²) in [5.41, 5.74) is 4.33. The van der Waals surface area contributed by atoms with Crippen LogP contribution in [0.1, 0.15) is 40.4 Å². The number of hydrogen-bond donors (Lipinski definition) is 1.